The highest BCUT2D eigenvalue weighted by molar-refractivity contribution is 6.00. The summed E-state index contributed by atoms with van der Waals surface area (Å²) in [6, 6.07) is 5.77. The Morgan fingerprint density at radius 1 is 1.50 bits per heavy atom. The second-order valence-electron chi connectivity index (χ2n) is 5.96. The molecule has 1 saturated heterocycles. The zero-order chi connectivity index (χ0) is 18.5. The van der Waals surface area contributed by atoms with Crippen molar-refractivity contribution in [3.8, 4) is 0 Å². The Morgan fingerprint density at radius 3 is 3.12 bits per heavy atom. The lowest BCUT2D eigenvalue weighted by Gasteiger charge is -2.16. The molecule has 0 bridgehead atoms. The molecule has 9 heteroatoms. The predicted molar refractivity (Wildman–Crippen MR) is 88.6 cm³/mol. The first-order valence-electron chi connectivity index (χ1n) is 8.21. The van der Waals surface area contributed by atoms with Crippen LogP contribution in [0.1, 0.15) is 18.1 Å². The minimum Gasteiger partial charge on any atom is -0.377 e. The predicted octanol–water partition coefficient (Wildman–Crippen LogP) is 1.07. The molecule has 0 unspecified atom stereocenters. The molecule has 1 aliphatic heterocycles. The molecule has 1 atom stereocenters. The van der Waals surface area contributed by atoms with Crippen molar-refractivity contribution >= 4 is 17.5 Å². The molecule has 0 saturated carbocycles. The van der Waals surface area contributed by atoms with E-state index >= 15 is 0 Å². The van der Waals surface area contributed by atoms with E-state index in [1.807, 2.05) is 0 Å². The smallest absolute Gasteiger partial charge is 0.228 e. The summed E-state index contributed by atoms with van der Waals surface area (Å²) in [5, 5.41) is 6.50. The van der Waals surface area contributed by atoms with Crippen LogP contribution in [0.25, 0.3) is 0 Å². The number of nitrogens with one attached hydrogen (secondary N) is 1. The molecule has 3 rings (SSSR count). The van der Waals surface area contributed by atoms with Gasteiger partial charge in [-0.1, -0.05) is 11.2 Å². The minimum absolute atomic E-state index is 0.0981. The molecule has 1 N–H and O–H groups in total. The van der Waals surface area contributed by atoms with Gasteiger partial charge in [-0.3, -0.25) is 9.59 Å². The highest BCUT2D eigenvalue weighted by Gasteiger charge is 2.35. The number of amides is 2. The number of hydrogen-bond donors (Lipinski definition) is 1. The summed E-state index contributed by atoms with van der Waals surface area (Å²) in [5.74, 6) is -0.471. The third-order valence-electron chi connectivity index (χ3n) is 4.04. The van der Waals surface area contributed by atoms with Gasteiger partial charge in [0.15, 0.2) is 5.82 Å². The van der Waals surface area contributed by atoms with E-state index in [0.29, 0.717) is 30.4 Å². The number of hydrogen-bond acceptors (Lipinski definition) is 6. The first-order chi connectivity index (χ1) is 12.6. The zero-order valence-electron chi connectivity index (χ0n) is 14.3. The van der Waals surface area contributed by atoms with Crippen LogP contribution >= 0.6 is 0 Å². The number of carbonyl (C=O) groups excluding carboxylic acids is 2. The van der Waals surface area contributed by atoms with Gasteiger partial charge >= 0.3 is 0 Å². The molecule has 0 aliphatic carbocycles. The molecular formula is C17H19FN4O4. The number of anilines is 1. The van der Waals surface area contributed by atoms with Gasteiger partial charge in [-0.15, -0.1) is 0 Å². The van der Waals surface area contributed by atoms with Gasteiger partial charge < -0.3 is 19.5 Å². The Labute approximate surface area is 149 Å². The standard InChI is InChI=1S/C17H19FN4O4/c1-25-10-14-20-15(26-21-14)5-6-19-17(24)11-7-16(23)22(9-11)13-4-2-3-12(18)8-13/h2-4,8,11H,5-7,9-10H2,1H3,(H,19,24)/t11-/m1/s1. The van der Waals surface area contributed by atoms with Gasteiger partial charge in [0.1, 0.15) is 12.4 Å². The number of carbonyl (C=O) groups is 2. The molecular weight excluding hydrogens is 343 g/mol. The van der Waals surface area contributed by atoms with Crippen LogP contribution in [0.5, 0.6) is 0 Å². The van der Waals surface area contributed by atoms with Crippen LogP contribution in [-0.4, -0.2) is 42.2 Å². The van der Waals surface area contributed by atoms with Crippen LogP contribution < -0.4 is 10.2 Å². The largest absolute Gasteiger partial charge is 0.377 e. The molecule has 26 heavy (non-hydrogen) atoms. The molecule has 1 fully saturated rings. The summed E-state index contributed by atoms with van der Waals surface area (Å²) >= 11 is 0. The van der Waals surface area contributed by atoms with Crippen LogP contribution in [-0.2, 0) is 27.4 Å². The van der Waals surface area contributed by atoms with E-state index in [2.05, 4.69) is 15.5 Å². The van der Waals surface area contributed by atoms with Crippen molar-refractivity contribution in [1.82, 2.24) is 15.5 Å². The van der Waals surface area contributed by atoms with Crippen LogP contribution in [0, 0.1) is 11.7 Å². The number of methoxy groups -OCH3 is 1. The SMILES string of the molecule is COCc1noc(CCNC(=O)[C@@H]2CC(=O)N(c3cccc(F)c3)C2)n1. The molecule has 1 aromatic carbocycles. The van der Waals surface area contributed by atoms with Crippen LogP contribution in [0.2, 0.25) is 0 Å². The highest BCUT2D eigenvalue weighted by Crippen LogP contribution is 2.25. The number of benzene rings is 1. The fourth-order valence-electron chi connectivity index (χ4n) is 2.79. The van der Waals surface area contributed by atoms with Gasteiger partial charge in [-0.25, -0.2) is 4.39 Å². The molecule has 1 aliphatic rings. The lowest BCUT2D eigenvalue weighted by atomic mass is 10.1. The van der Waals surface area contributed by atoms with Crippen molar-refractivity contribution in [3.05, 3.63) is 41.8 Å². The van der Waals surface area contributed by atoms with Crippen LogP contribution in [0.15, 0.2) is 28.8 Å². The number of nitrogens with zero attached hydrogens (tertiary/aromatic N) is 3. The maximum Gasteiger partial charge on any atom is 0.228 e. The maximum absolute atomic E-state index is 13.3. The summed E-state index contributed by atoms with van der Waals surface area (Å²) in [5.41, 5.74) is 0.460. The monoisotopic (exact) mass is 362 g/mol. The molecule has 1 aromatic heterocycles. The molecule has 2 amide bonds. The Bertz CT molecular complexity index is 795. The van der Waals surface area contributed by atoms with Crippen molar-refractivity contribution in [2.24, 2.45) is 5.92 Å². The van der Waals surface area contributed by atoms with E-state index in [-0.39, 0.29) is 31.4 Å². The van der Waals surface area contributed by atoms with E-state index in [0.717, 1.165) is 0 Å². The summed E-state index contributed by atoms with van der Waals surface area (Å²) in [7, 11) is 1.53. The van der Waals surface area contributed by atoms with Crippen molar-refractivity contribution in [2.45, 2.75) is 19.4 Å². The zero-order valence-corrected chi connectivity index (χ0v) is 14.3. The van der Waals surface area contributed by atoms with Crippen LogP contribution in [0.4, 0.5) is 10.1 Å². The fourth-order valence-corrected chi connectivity index (χ4v) is 2.79. The quantitative estimate of drug-likeness (QED) is 0.791. The Morgan fingerprint density at radius 2 is 2.35 bits per heavy atom. The fraction of sp³-hybridized carbons (Fsp3) is 0.412. The average Bonchev–Trinajstić information content (AvgIpc) is 3.22. The van der Waals surface area contributed by atoms with Gasteiger partial charge in [0.2, 0.25) is 17.7 Å². The summed E-state index contributed by atoms with van der Waals surface area (Å²) in [6.45, 7) is 0.806. The topological polar surface area (TPSA) is 97.6 Å². The number of rotatable bonds is 7. The van der Waals surface area contributed by atoms with Crippen molar-refractivity contribution in [3.63, 3.8) is 0 Å². The van der Waals surface area contributed by atoms with Crippen molar-refractivity contribution in [1.29, 1.82) is 0 Å². The average molecular weight is 362 g/mol. The molecule has 0 radical (unpaired) electrons. The third kappa shape index (κ3) is 4.23. The van der Waals surface area contributed by atoms with Gasteiger partial charge in [0.05, 0.1) is 5.92 Å². The van der Waals surface area contributed by atoms with E-state index in [1.165, 1.54) is 30.2 Å². The van der Waals surface area contributed by atoms with Crippen LogP contribution in [0.3, 0.4) is 0 Å². The third-order valence-corrected chi connectivity index (χ3v) is 4.04. The first kappa shape index (κ1) is 18.0. The lowest BCUT2D eigenvalue weighted by molar-refractivity contribution is -0.126. The van der Waals surface area contributed by atoms with Gasteiger partial charge in [-0.2, -0.15) is 4.98 Å². The number of ether oxygens (including phenoxy) is 1. The number of halogens is 1. The second-order valence-corrected chi connectivity index (χ2v) is 5.96. The van der Waals surface area contributed by atoms with Crippen molar-refractivity contribution < 1.29 is 23.2 Å². The molecule has 2 aromatic rings. The van der Waals surface area contributed by atoms with Gasteiger partial charge in [0.25, 0.3) is 0 Å². The summed E-state index contributed by atoms with van der Waals surface area (Å²) in [4.78, 5) is 30.0. The Kier molecular flexibility index (Phi) is 5.57. The molecule has 8 nitrogen and oxygen atoms in total. The Balaban J connectivity index is 1.50. The minimum atomic E-state index is -0.475. The summed E-state index contributed by atoms with van der Waals surface area (Å²) in [6.07, 6.45) is 0.484. The summed E-state index contributed by atoms with van der Waals surface area (Å²) < 4.78 is 23.3. The molecule has 2 heterocycles. The molecule has 0 spiro atoms. The number of aromatic nitrogens is 2. The second kappa shape index (κ2) is 8.05. The van der Waals surface area contributed by atoms with E-state index in [4.69, 9.17) is 9.26 Å². The normalized spacial score (nSPS) is 16.9. The van der Waals surface area contributed by atoms with Crippen molar-refractivity contribution in [2.75, 3.05) is 25.1 Å². The first-order valence-corrected chi connectivity index (χ1v) is 8.21. The molecule has 138 valence electrons. The van der Waals surface area contributed by atoms with E-state index in [9.17, 15) is 14.0 Å². The van der Waals surface area contributed by atoms with Gasteiger partial charge in [0, 0.05) is 38.7 Å². The maximum atomic E-state index is 13.3. The highest BCUT2D eigenvalue weighted by atomic mass is 19.1. The van der Waals surface area contributed by atoms with Gasteiger partial charge in [-0.05, 0) is 18.2 Å². The van der Waals surface area contributed by atoms with E-state index < -0.39 is 11.7 Å². The Hall–Kier alpha value is -2.81. The van der Waals surface area contributed by atoms with E-state index in [1.54, 1.807) is 6.07 Å². The lowest BCUT2D eigenvalue weighted by Crippen LogP contribution is -2.34.